The third-order valence-electron chi connectivity index (χ3n) is 4.10. The van der Waals surface area contributed by atoms with E-state index in [4.69, 9.17) is 23.2 Å². The quantitative estimate of drug-likeness (QED) is 0.614. The van der Waals surface area contributed by atoms with Crippen molar-refractivity contribution in [2.24, 2.45) is 5.10 Å². The number of carbonyl (C=O) groups excluding carboxylic acids is 1. The molecule has 0 aliphatic carbocycles. The highest BCUT2D eigenvalue weighted by atomic mass is 35.5. The van der Waals surface area contributed by atoms with Gasteiger partial charge in [-0.1, -0.05) is 35.3 Å². The Hall–Kier alpha value is -1.90. The average Bonchev–Trinajstić information content (AvgIpc) is 3.08. The Balaban J connectivity index is 1.75. The van der Waals surface area contributed by atoms with E-state index in [0.717, 1.165) is 0 Å². The molecule has 10 heteroatoms. The van der Waals surface area contributed by atoms with Gasteiger partial charge in [-0.25, -0.2) is 18.5 Å². The van der Waals surface area contributed by atoms with Gasteiger partial charge in [0.1, 0.15) is 5.15 Å². The molecule has 1 aliphatic rings. The number of hydrogen-bond donors (Lipinski definition) is 1. The Morgan fingerprint density at radius 3 is 2.77 bits per heavy atom. The molecule has 0 bridgehead atoms. The largest absolute Gasteiger partial charge is 0.272 e. The van der Waals surface area contributed by atoms with Crippen LogP contribution >= 0.6 is 23.2 Å². The number of hydrogen-bond acceptors (Lipinski definition) is 5. The number of hydrazone groups is 1. The van der Waals surface area contributed by atoms with Gasteiger partial charge in [0.25, 0.3) is 5.91 Å². The summed E-state index contributed by atoms with van der Waals surface area (Å²) in [5, 5.41) is 8.85. The van der Waals surface area contributed by atoms with Crippen molar-refractivity contribution >= 4 is 45.2 Å². The maximum absolute atomic E-state index is 12.1. The summed E-state index contributed by atoms with van der Waals surface area (Å²) in [6.45, 7) is 1.74. The summed E-state index contributed by atoms with van der Waals surface area (Å²) in [5.74, 6) is -0.298. The first-order chi connectivity index (χ1) is 12.3. The van der Waals surface area contributed by atoms with Crippen LogP contribution < -0.4 is 5.43 Å². The van der Waals surface area contributed by atoms with Crippen molar-refractivity contribution in [1.29, 1.82) is 0 Å². The third kappa shape index (κ3) is 3.92. The van der Waals surface area contributed by atoms with Crippen molar-refractivity contribution in [3.05, 3.63) is 51.3 Å². The Kier molecular flexibility index (Phi) is 5.36. The molecule has 1 amide bonds. The Labute approximate surface area is 160 Å². The van der Waals surface area contributed by atoms with Crippen molar-refractivity contribution in [2.45, 2.75) is 19.4 Å². The van der Waals surface area contributed by atoms with Gasteiger partial charge in [-0.3, -0.25) is 4.79 Å². The molecule has 0 radical (unpaired) electrons. The van der Waals surface area contributed by atoms with Gasteiger partial charge in [0.05, 0.1) is 45.6 Å². The lowest BCUT2D eigenvalue weighted by molar-refractivity contribution is 0.0955. The van der Waals surface area contributed by atoms with E-state index in [9.17, 15) is 13.2 Å². The molecule has 0 unspecified atom stereocenters. The molecule has 1 saturated heterocycles. The number of nitrogens with one attached hydrogen (secondary N) is 1. The van der Waals surface area contributed by atoms with Crippen LogP contribution in [-0.2, 0) is 9.84 Å². The number of aryl methyl sites for hydroxylation is 1. The molecule has 3 rings (SSSR count). The lowest BCUT2D eigenvalue weighted by Crippen LogP contribution is -2.18. The van der Waals surface area contributed by atoms with Gasteiger partial charge in [-0.05, 0) is 25.5 Å². The van der Waals surface area contributed by atoms with Crippen LogP contribution in [0.15, 0.2) is 29.4 Å². The van der Waals surface area contributed by atoms with E-state index in [-0.39, 0.29) is 17.5 Å². The number of nitrogens with zero attached hydrogens (tertiary/aromatic N) is 3. The highest BCUT2D eigenvalue weighted by Gasteiger charge is 2.31. The first kappa shape index (κ1) is 18.9. The molecule has 138 valence electrons. The molecular formula is C16H16Cl2N4O3S. The summed E-state index contributed by atoms with van der Waals surface area (Å²) in [7, 11) is -3.05. The van der Waals surface area contributed by atoms with Gasteiger partial charge in [-0.2, -0.15) is 10.2 Å². The molecule has 1 aliphatic heterocycles. The van der Waals surface area contributed by atoms with E-state index in [1.807, 2.05) is 0 Å². The number of carbonyl (C=O) groups is 1. The second kappa shape index (κ2) is 7.38. The van der Waals surface area contributed by atoms with Gasteiger partial charge in [0.15, 0.2) is 9.84 Å². The highest BCUT2D eigenvalue weighted by molar-refractivity contribution is 7.91. The van der Waals surface area contributed by atoms with Crippen LogP contribution in [0, 0.1) is 6.92 Å². The van der Waals surface area contributed by atoms with Crippen molar-refractivity contribution in [1.82, 2.24) is 15.2 Å². The Morgan fingerprint density at radius 2 is 2.12 bits per heavy atom. The van der Waals surface area contributed by atoms with E-state index in [0.29, 0.717) is 33.4 Å². The molecule has 1 fully saturated rings. The lowest BCUT2D eigenvalue weighted by Gasteiger charge is -2.09. The highest BCUT2D eigenvalue weighted by Crippen LogP contribution is 2.29. The first-order valence-corrected chi connectivity index (χ1v) is 10.4. The van der Waals surface area contributed by atoms with E-state index >= 15 is 0 Å². The summed E-state index contributed by atoms with van der Waals surface area (Å²) in [6, 6.07) is 6.34. The van der Waals surface area contributed by atoms with Crippen LogP contribution in [0.3, 0.4) is 0 Å². The molecule has 2 heterocycles. The minimum atomic E-state index is -3.05. The number of sulfone groups is 1. The van der Waals surface area contributed by atoms with Crippen LogP contribution in [0.5, 0.6) is 0 Å². The summed E-state index contributed by atoms with van der Waals surface area (Å²) >= 11 is 12.3. The average molecular weight is 415 g/mol. The van der Waals surface area contributed by atoms with Gasteiger partial charge in [-0.15, -0.1) is 0 Å². The fraction of sp³-hybridized carbons (Fsp3) is 0.312. The molecule has 1 atom stereocenters. The zero-order chi connectivity index (χ0) is 18.9. The topological polar surface area (TPSA) is 93.4 Å². The Morgan fingerprint density at radius 1 is 1.38 bits per heavy atom. The van der Waals surface area contributed by atoms with E-state index in [1.54, 1.807) is 31.2 Å². The molecular weight excluding hydrogens is 399 g/mol. The summed E-state index contributed by atoms with van der Waals surface area (Å²) in [4.78, 5) is 12.1. The molecule has 0 saturated carbocycles. The summed E-state index contributed by atoms with van der Waals surface area (Å²) in [6.07, 6.45) is 1.86. The van der Waals surface area contributed by atoms with Crippen LogP contribution in [0.2, 0.25) is 10.2 Å². The fourth-order valence-corrected chi connectivity index (χ4v) is 5.02. The molecule has 1 N–H and O–H groups in total. The minimum absolute atomic E-state index is 0.0215. The van der Waals surface area contributed by atoms with Crippen LogP contribution in [0.4, 0.5) is 0 Å². The number of benzene rings is 1. The molecule has 0 spiro atoms. The zero-order valence-electron chi connectivity index (χ0n) is 13.8. The maximum Gasteiger partial charge on any atom is 0.272 e. The maximum atomic E-state index is 12.1. The van der Waals surface area contributed by atoms with E-state index < -0.39 is 15.7 Å². The molecule has 26 heavy (non-hydrogen) atoms. The number of halogens is 2. The molecule has 1 aromatic carbocycles. The normalized spacial score (nSPS) is 19.1. The van der Waals surface area contributed by atoms with Crippen molar-refractivity contribution in [3.63, 3.8) is 0 Å². The third-order valence-corrected chi connectivity index (χ3v) is 6.56. The van der Waals surface area contributed by atoms with Gasteiger partial charge in [0.2, 0.25) is 0 Å². The number of aromatic nitrogens is 2. The van der Waals surface area contributed by atoms with Crippen LogP contribution in [0.1, 0.15) is 34.1 Å². The predicted molar refractivity (Wildman–Crippen MR) is 101 cm³/mol. The zero-order valence-corrected chi connectivity index (χ0v) is 16.1. The SMILES string of the molecule is Cc1nn([C@H]2CCS(=O)(=O)C2)c(Cl)c1/C=N\NC(=O)c1ccccc1Cl. The standard InChI is InChI=1S/C16H16Cl2N4O3S/c1-10-13(8-19-20-16(23)12-4-2-3-5-14(12)17)15(18)22(21-10)11-6-7-26(24,25)9-11/h2-5,8,11H,6-7,9H2,1H3,(H,20,23)/b19-8-/t11-/m0/s1. The number of amides is 1. The summed E-state index contributed by atoms with van der Waals surface area (Å²) < 4.78 is 24.8. The molecule has 2 aromatic rings. The van der Waals surface area contributed by atoms with Crippen LogP contribution in [-0.4, -0.2) is 41.8 Å². The Bertz CT molecular complexity index is 985. The fourth-order valence-electron chi connectivity index (χ4n) is 2.75. The molecule has 7 nitrogen and oxygen atoms in total. The molecule has 1 aromatic heterocycles. The van der Waals surface area contributed by atoms with Gasteiger partial charge < -0.3 is 0 Å². The second-order valence-corrected chi connectivity index (χ2v) is 8.96. The smallest absolute Gasteiger partial charge is 0.267 e. The second-order valence-electron chi connectivity index (χ2n) is 5.97. The van der Waals surface area contributed by atoms with E-state index in [2.05, 4.69) is 15.6 Å². The van der Waals surface area contributed by atoms with Gasteiger partial charge in [0, 0.05) is 0 Å². The lowest BCUT2D eigenvalue weighted by atomic mass is 10.2. The van der Waals surface area contributed by atoms with Crippen molar-refractivity contribution in [2.75, 3.05) is 11.5 Å². The van der Waals surface area contributed by atoms with E-state index in [1.165, 1.54) is 10.9 Å². The first-order valence-electron chi connectivity index (χ1n) is 7.81. The predicted octanol–water partition coefficient (Wildman–Crippen LogP) is 2.62. The number of rotatable bonds is 4. The summed E-state index contributed by atoms with van der Waals surface area (Å²) in [5.41, 5.74) is 3.81. The van der Waals surface area contributed by atoms with Crippen molar-refractivity contribution in [3.8, 4) is 0 Å². The van der Waals surface area contributed by atoms with Crippen LogP contribution in [0.25, 0.3) is 0 Å². The van der Waals surface area contributed by atoms with Gasteiger partial charge >= 0.3 is 0 Å². The van der Waals surface area contributed by atoms with Crippen molar-refractivity contribution < 1.29 is 13.2 Å². The minimum Gasteiger partial charge on any atom is -0.267 e. The monoisotopic (exact) mass is 414 g/mol.